The molecule has 0 aromatic carbocycles. The van der Waals surface area contributed by atoms with Gasteiger partial charge in [-0.15, -0.1) is 0 Å². The normalized spacial score (nSPS) is 21.2. The van der Waals surface area contributed by atoms with Gasteiger partial charge in [0.2, 0.25) is 0 Å². The number of rotatable bonds is 15. The highest BCUT2D eigenvalue weighted by molar-refractivity contribution is 4.94. The fraction of sp³-hybridized carbons (Fsp3) is 0.810. The van der Waals surface area contributed by atoms with E-state index in [1.807, 2.05) is 0 Å². The Hall–Kier alpha value is -0.560. The summed E-state index contributed by atoms with van der Waals surface area (Å²) in [5, 5.41) is 0. The van der Waals surface area contributed by atoms with Crippen LogP contribution in [0, 0.1) is 0 Å². The van der Waals surface area contributed by atoms with E-state index in [0.717, 1.165) is 12.8 Å². The van der Waals surface area contributed by atoms with E-state index in [4.69, 9.17) is 4.74 Å². The van der Waals surface area contributed by atoms with Crippen LogP contribution in [0.25, 0.3) is 0 Å². The monoisotopic (exact) mass is 306 g/mol. The Morgan fingerprint density at radius 1 is 0.682 bits per heavy atom. The molecular weight excluding hydrogens is 268 g/mol. The minimum atomic E-state index is 0.570. The van der Waals surface area contributed by atoms with Crippen molar-refractivity contribution in [3.05, 3.63) is 24.3 Å². The van der Waals surface area contributed by atoms with Crippen LogP contribution in [0.5, 0.6) is 0 Å². The Kier molecular flexibility index (Phi) is 12.5. The largest absolute Gasteiger partial charge is 0.370 e. The predicted octanol–water partition coefficient (Wildman–Crippen LogP) is 6.98. The van der Waals surface area contributed by atoms with E-state index >= 15 is 0 Å². The molecule has 0 aliphatic carbocycles. The van der Waals surface area contributed by atoms with Crippen molar-refractivity contribution in [3.8, 4) is 0 Å². The van der Waals surface area contributed by atoms with Crippen LogP contribution in [0.3, 0.4) is 0 Å². The Balaban J connectivity index is 1.81. The quantitative estimate of drug-likeness (QED) is 0.181. The zero-order valence-corrected chi connectivity index (χ0v) is 15.1. The summed E-state index contributed by atoms with van der Waals surface area (Å²) in [6, 6.07) is 0. The number of unbranched alkanes of at least 4 members (excludes halogenated alkanes) is 7. The number of hydrogen-bond donors (Lipinski definition) is 0. The van der Waals surface area contributed by atoms with Crippen molar-refractivity contribution in [2.24, 2.45) is 0 Å². The van der Waals surface area contributed by atoms with Crippen LogP contribution < -0.4 is 0 Å². The molecule has 2 atom stereocenters. The Morgan fingerprint density at radius 2 is 1.32 bits per heavy atom. The third-order valence-corrected chi connectivity index (χ3v) is 4.49. The van der Waals surface area contributed by atoms with Gasteiger partial charge in [0.15, 0.2) is 0 Å². The molecule has 2 unspecified atom stereocenters. The van der Waals surface area contributed by atoms with Gasteiger partial charge in [0.05, 0.1) is 12.2 Å². The van der Waals surface area contributed by atoms with Gasteiger partial charge in [-0.2, -0.15) is 0 Å². The van der Waals surface area contributed by atoms with Gasteiger partial charge in [-0.25, -0.2) is 0 Å². The van der Waals surface area contributed by atoms with Crippen molar-refractivity contribution in [1.82, 2.24) is 0 Å². The lowest BCUT2D eigenvalue weighted by atomic mass is 10.0. The lowest BCUT2D eigenvalue weighted by molar-refractivity contribution is 0.352. The van der Waals surface area contributed by atoms with Gasteiger partial charge in [-0.1, -0.05) is 89.5 Å². The molecule has 0 spiro atoms. The zero-order chi connectivity index (χ0) is 15.9. The van der Waals surface area contributed by atoms with Crippen LogP contribution in [-0.2, 0) is 4.74 Å². The molecule has 0 radical (unpaired) electrons. The van der Waals surface area contributed by atoms with E-state index in [1.54, 1.807) is 0 Å². The topological polar surface area (TPSA) is 12.5 Å². The number of hydrogen-bond acceptors (Lipinski definition) is 1. The average molecular weight is 307 g/mol. The van der Waals surface area contributed by atoms with Crippen LogP contribution in [-0.4, -0.2) is 12.2 Å². The van der Waals surface area contributed by atoms with E-state index < -0.39 is 0 Å². The second-order valence-corrected chi connectivity index (χ2v) is 6.64. The fourth-order valence-electron chi connectivity index (χ4n) is 2.98. The molecule has 1 aliphatic heterocycles. The molecular formula is C21H38O. The van der Waals surface area contributed by atoms with Crippen molar-refractivity contribution < 1.29 is 4.74 Å². The first-order chi connectivity index (χ1) is 10.9. The molecule has 0 aromatic rings. The van der Waals surface area contributed by atoms with Crippen LogP contribution in [0.15, 0.2) is 24.3 Å². The number of epoxide rings is 1. The third-order valence-electron chi connectivity index (χ3n) is 4.49. The molecule has 0 saturated carbocycles. The van der Waals surface area contributed by atoms with Crippen molar-refractivity contribution in [1.29, 1.82) is 0 Å². The SMILES string of the molecule is CCC=CCC=CCCC1OC1CCCCCCCCCC. The van der Waals surface area contributed by atoms with Gasteiger partial charge in [-0.3, -0.25) is 0 Å². The van der Waals surface area contributed by atoms with Gasteiger partial charge in [0.25, 0.3) is 0 Å². The Labute approximate surface area is 139 Å². The molecule has 128 valence electrons. The maximum absolute atomic E-state index is 5.77. The molecule has 0 bridgehead atoms. The van der Waals surface area contributed by atoms with Gasteiger partial charge in [0.1, 0.15) is 0 Å². The van der Waals surface area contributed by atoms with Gasteiger partial charge >= 0.3 is 0 Å². The predicted molar refractivity (Wildman–Crippen MR) is 98.3 cm³/mol. The van der Waals surface area contributed by atoms with Crippen molar-refractivity contribution >= 4 is 0 Å². The average Bonchev–Trinajstić information content (AvgIpc) is 3.27. The summed E-state index contributed by atoms with van der Waals surface area (Å²) in [6.45, 7) is 4.46. The van der Waals surface area contributed by atoms with E-state index in [9.17, 15) is 0 Å². The second kappa shape index (κ2) is 14.1. The highest BCUT2D eigenvalue weighted by Gasteiger charge is 2.36. The summed E-state index contributed by atoms with van der Waals surface area (Å²) in [5.74, 6) is 0. The van der Waals surface area contributed by atoms with Crippen LogP contribution in [0.4, 0.5) is 0 Å². The first-order valence-electron chi connectivity index (χ1n) is 9.84. The summed E-state index contributed by atoms with van der Waals surface area (Å²) < 4.78 is 5.77. The smallest absolute Gasteiger partial charge is 0.0844 e. The summed E-state index contributed by atoms with van der Waals surface area (Å²) in [5.41, 5.74) is 0. The van der Waals surface area contributed by atoms with E-state index in [-0.39, 0.29) is 0 Å². The lowest BCUT2D eigenvalue weighted by Crippen LogP contribution is -1.93. The molecule has 22 heavy (non-hydrogen) atoms. The summed E-state index contributed by atoms with van der Waals surface area (Å²) in [6.07, 6.45) is 27.4. The first-order valence-corrected chi connectivity index (χ1v) is 9.84. The van der Waals surface area contributed by atoms with Crippen LogP contribution in [0.1, 0.15) is 97.3 Å². The lowest BCUT2D eigenvalue weighted by Gasteiger charge is -2.00. The standard InChI is InChI=1S/C21H38O/c1-3-5-7-9-11-13-15-17-19-21-20(22-21)18-16-14-12-10-8-6-4-2/h6,8,12,14,20-21H,3-5,7,9-11,13,15-19H2,1-2H3. The highest BCUT2D eigenvalue weighted by Crippen LogP contribution is 2.31. The van der Waals surface area contributed by atoms with Crippen molar-refractivity contribution in [3.63, 3.8) is 0 Å². The molecule has 0 aromatic heterocycles. The van der Waals surface area contributed by atoms with E-state index in [1.165, 1.54) is 70.6 Å². The molecule has 1 heteroatoms. The summed E-state index contributed by atoms with van der Waals surface area (Å²) in [4.78, 5) is 0. The molecule has 1 heterocycles. The minimum Gasteiger partial charge on any atom is -0.370 e. The summed E-state index contributed by atoms with van der Waals surface area (Å²) >= 11 is 0. The van der Waals surface area contributed by atoms with Gasteiger partial charge < -0.3 is 4.74 Å². The molecule has 1 saturated heterocycles. The molecule has 1 rings (SSSR count). The molecule has 0 N–H and O–H groups in total. The minimum absolute atomic E-state index is 0.570. The van der Waals surface area contributed by atoms with Crippen LogP contribution in [0.2, 0.25) is 0 Å². The number of ether oxygens (including phenoxy) is 1. The second-order valence-electron chi connectivity index (χ2n) is 6.64. The first kappa shape index (κ1) is 19.5. The maximum Gasteiger partial charge on any atom is 0.0844 e. The van der Waals surface area contributed by atoms with E-state index in [0.29, 0.717) is 12.2 Å². The van der Waals surface area contributed by atoms with E-state index in [2.05, 4.69) is 38.2 Å². The number of allylic oxidation sites excluding steroid dienone is 4. The third kappa shape index (κ3) is 11.1. The zero-order valence-electron chi connectivity index (χ0n) is 15.1. The molecule has 1 fully saturated rings. The molecule has 0 amide bonds. The summed E-state index contributed by atoms with van der Waals surface area (Å²) in [7, 11) is 0. The van der Waals surface area contributed by atoms with Crippen LogP contribution >= 0.6 is 0 Å². The van der Waals surface area contributed by atoms with Crippen molar-refractivity contribution in [2.45, 2.75) is 110 Å². The fourth-order valence-corrected chi connectivity index (χ4v) is 2.98. The Bertz CT molecular complexity index is 292. The van der Waals surface area contributed by atoms with Gasteiger partial charge in [0, 0.05) is 0 Å². The van der Waals surface area contributed by atoms with Crippen molar-refractivity contribution in [2.75, 3.05) is 0 Å². The molecule has 1 nitrogen and oxygen atoms in total. The van der Waals surface area contributed by atoms with Gasteiger partial charge in [-0.05, 0) is 32.1 Å². The molecule has 1 aliphatic rings. The Morgan fingerprint density at radius 3 is 2.05 bits per heavy atom. The maximum atomic E-state index is 5.77. The highest BCUT2D eigenvalue weighted by atomic mass is 16.6.